The van der Waals surface area contributed by atoms with Gasteiger partial charge in [-0.2, -0.15) is 0 Å². The van der Waals surface area contributed by atoms with Gasteiger partial charge in [-0.15, -0.1) is 0 Å². The molecule has 4 aromatic rings. The molecule has 0 bridgehead atoms. The van der Waals surface area contributed by atoms with Crippen LogP contribution in [-0.4, -0.2) is 9.55 Å². The Hall–Kier alpha value is -2.26. The molecular formula is C20H15BrN2. The molecule has 2 heterocycles. The van der Waals surface area contributed by atoms with E-state index in [0.717, 1.165) is 17.3 Å². The maximum absolute atomic E-state index is 3.59. The van der Waals surface area contributed by atoms with E-state index in [-0.39, 0.29) is 0 Å². The van der Waals surface area contributed by atoms with E-state index >= 15 is 0 Å². The molecule has 5 rings (SSSR count). The van der Waals surface area contributed by atoms with Crippen molar-refractivity contribution >= 4 is 54.3 Å². The summed E-state index contributed by atoms with van der Waals surface area (Å²) in [7, 11) is 0. The summed E-state index contributed by atoms with van der Waals surface area (Å²) < 4.78 is 3.40. The standard InChI is InChI=1S/C20H15BrN2/c21-13-6-8-18-17(12-13)15-7-9-19-16(20(15)22-18)10-11-23(19)14-4-2-1-3-5-14/h2,4-12,22H,1,3H2. The highest BCUT2D eigenvalue weighted by Crippen LogP contribution is 2.34. The van der Waals surface area contributed by atoms with Gasteiger partial charge in [-0.25, -0.2) is 0 Å². The van der Waals surface area contributed by atoms with Crippen molar-refractivity contribution in [1.82, 2.24) is 9.55 Å². The van der Waals surface area contributed by atoms with E-state index in [9.17, 15) is 0 Å². The van der Waals surface area contributed by atoms with Gasteiger partial charge < -0.3 is 9.55 Å². The summed E-state index contributed by atoms with van der Waals surface area (Å²) in [4.78, 5) is 3.59. The third kappa shape index (κ3) is 1.93. The lowest BCUT2D eigenvalue weighted by Gasteiger charge is -2.10. The van der Waals surface area contributed by atoms with Crippen LogP contribution >= 0.6 is 15.9 Å². The highest BCUT2D eigenvalue weighted by Gasteiger charge is 2.12. The van der Waals surface area contributed by atoms with E-state index in [1.165, 1.54) is 38.4 Å². The van der Waals surface area contributed by atoms with Gasteiger partial charge in [-0.05, 0) is 49.2 Å². The van der Waals surface area contributed by atoms with Crippen molar-refractivity contribution in [2.45, 2.75) is 12.8 Å². The Labute approximate surface area is 142 Å². The van der Waals surface area contributed by atoms with Crippen LogP contribution in [0.15, 0.2) is 65.3 Å². The first-order chi connectivity index (χ1) is 11.3. The molecule has 2 aromatic carbocycles. The van der Waals surface area contributed by atoms with Gasteiger partial charge in [0.25, 0.3) is 0 Å². The molecule has 0 saturated carbocycles. The number of nitrogens with zero attached hydrogens (tertiary/aromatic N) is 1. The van der Waals surface area contributed by atoms with Crippen molar-refractivity contribution in [2.75, 3.05) is 0 Å². The van der Waals surface area contributed by atoms with Crippen molar-refractivity contribution in [1.29, 1.82) is 0 Å². The second-order valence-electron chi connectivity index (χ2n) is 6.03. The fourth-order valence-electron chi connectivity index (χ4n) is 3.56. The smallest absolute Gasteiger partial charge is 0.0560 e. The summed E-state index contributed by atoms with van der Waals surface area (Å²) in [5, 5.41) is 3.82. The zero-order valence-corrected chi connectivity index (χ0v) is 14.1. The summed E-state index contributed by atoms with van der Waals surface area (Å²) in [6.45, 7) is 0. The Morgan fingerprint density at radius 2 is 1.91 bits per heavy atom. The van der Waals surface area contributed by atoms with Crippen LogP contribution in [0.4, 0.5) is 0 Å². The van der Waals surface area contributed by atoms with Gasteiger partial charge in [-0.1, -0.05) is 34.1 Å². The monoisotopic (exact) mass is 362 g/mol. The number of hydrogen-bond donors (Lipinski definition) is 1. The summed E-state index contributed by atoms with van der Waals surface area (Å²) in [6.07, 6.45) is 11.2. The summed E-state index contributed by atoms with van der Waals surface area (Å²) in [6, 6.07) is 13.1. The minimum absolute atomic E-state index is 1.11. The second kappa shape index (κ2) is 4.87. The van der Waals surface area contributed by atoms with Crippen LogP contribution < -0.4 is 0 Å². The second-order valence-corrected chi connectivity index (χ2v) is 6.95. The SMILES string of the molecule is Brc1ccc2[nH]c3c(ccc4c3ccn4C3=CCCC=C3)c2c1. The third-order valence-electron chi connectivity index (χ3n) is 4.66. The molecule has 0 unspecified atom stereocenters. The van der Waals surface area contributed by atoms with Crippen LogP contribution in [0.1, 0.15) is 12.8 Å². The molecule has 2 aromatic heterocycles. The first-order valence-electron chi connectivity index (χ1n) is 7.89. The summed E-state index contributed by atoms with van der Waals surface area (Å²) >= 11 is 3.58. The van der Waals surface area contributed by atoms with E-state index in [0.29, 0.717) is 0 Å². The zero-order valence-electron chi connectivity index (χ0n) is 12.5. The number of fused-ring (bicyclic) bond motifs is 5. The Morgan fingerprint density at radius 3 is 2.78 bits per heavy atom. The largest absolute Gasteiger partial charge is 0.354 e. The van der Waals surface area contributed by atoms with E-state index in [1.807, 2.05) is 0 Å². The molecule has 1 N–H and O–H groups in total. The fourth-order valence-corrected chi connectivity index (χ4v) is 3.92. The van der Waals surface area contributed by atoms with Crippen molar-refractivity contribution in [3.8, 4) is 0 Å². The third-order valence-corrected chi connectivity index (χ3v) is 5.15. The number of aromatic amines is 1. The van der Waals surface area contributed by atoms with Gasteiger partial charge in [0, 0.05) is 38.0 Å². The van der Waals surface area contributed by atoms with Crippen LogP contribution in [0, 0.1) is 0 Å². The summed E-state index contributed by atoms with van der Waals surface area (Å²) in [5.41, 5.74) is 4.92. The van der Waals surface area contributed by atoms with Crippen LogP contribution in [0.3, 0.4) is 0 Å². The van der Waals surface area contributed by atoms with Gasteiger partial charge in [0.1, 0.15) is 0 Å². The molecule has 1 aliphatic rings. The molecule has 0 saturated heterocycles. The van der Waals surface area contributed by atoms with E-state index in [4.69, 9.17) is 0 Å². The van der Waals surface area contributed by atoms with E-state index in [2.05, 4.69) is 86.3 Å². The highest BCUT2D eigenvalue weighted by atomic mass is 79.9. The molecule has 2 nitrogen and oxygen atoms in total. The molecule has 3 heteroatoms. The van der Waals surface area contributed by atoms with Gasteiger partial charge in [0.15, 0.2) is 0 Å². The predicted molar refractivity (Wildman–Crippen MR) is 102 cm³/mol. The molecule has 1 aliphatic carbocycles. The quantitative estimate of drug-likeness (QED) is 0.414. The average molecular weight is 363 g/mol. The number of aromatic nitrogens is 2. The number of benzene rings is 2. The maximum Gasteiger partial charge on any atom is 0.0560 e. The molecule has 0 atom stereocenters. The molecule has 0 fully saturated rings. The van der Waals surface area contributed by atoms with Crippen molar-refractivity contribution in [3.05, 3.63) is 65.3 Å². The Morgan fingerprint density at radius 1 is 0.957 bits per heavy atom. The van der Waals surface area contributed by atoms with Gasteiger partial charge in [0.05, 0.1) is 11.0 Å². The van der Waals surface area contributed by atoms with Gasteiger partial charge in [0.2, 0.25) is 0 Å². The van der Waals surface area contributed by atoms with Crippen molar-refractivity contribution in [3.63, 3.8) is 0 Å². The van der Waals surface area contributed by atoms with Gasteiger partial charge in [-0.3, -0.25) is 0 Å². The molecule has 112 valence electrons. The lowest BCUT2D eigenvalue weighted by Crippen LogP contribution is -1.94. The molecular weight excluding hydrogens is 348 g/mol. The first-order valence-corrected chi connectivity index (χ1v) is 8.69. The van der Waals surface area contributed by atoms with Gasteiger partial charge >= 0.3 is 0 Å². The molecule has 23 heavy (non-hydrogen) atoms. The Kier molecular flexibility index (Phi) is 2.79. The summed E-state index contributed by atoms with van der Waals surface area (Å²) in [5.74, 6) is 0. The molecule has 0 spiro atoms. The number of H-pyrrole nitrogens is 1. The Bertz CT molecular complexity index is 1120. The highest BCUT2D eigenvalue weighted by molar-refractivity contribution is 9.10. The van der Waals surface area contributed by atoms with Crippen LogP contribution in [0.25, 0.3) is 38.4 Å². The lowest BCUT2D eigenvalue weighted by molar-refractivity contribution is 1.01. The number of nitrogens with one attached hydrogen (secondary N) is 1. The molecule has 0 aliphatic heterocycles. The number of allylic oxidation sites excluding steroid dienone is 4. The normalized spacial score (nSPS) is 14.9. The molecule has 0 amide bonds. The van der Waals surface area contributed by atoms with Crippen molar-refractivity contribution < 1.29 is 0 Å². The predicted octanol–water partition coefficient (Wildman–Crippen LogP) is 6.23. The van der Waals surface area contributed by atoms with E-state index in [1.54, 1.807) is 0 Å². The first kappa shape index (κ1) is 13.2. The van der Waals surface area contributed by atoms with Crippen molar-refractivity contribution in [2.24, 2.45) is 0 Å². The van der Waals surface area contributed by atoms with Crippen LogP contribution in [0.2, 0.25) is 0 Å². The minimum Gasteiger partial charge on any atom is -0.354 e. The maximum atomic E-state index is 3.59. The lowest BCUT2D eigenvalue weighted by atomic mass is 10.1. The molecule has 0 radical (unpaired) electrons. The van der Waals surface area contributed by atoms with Crippen LogP contribution in [0.5, 0.6) is 0 Å². The minimum atomic E-state index is 1.11. The van der Waals surface area contributed by atoms with Crippen LogP contribution in [-0.2, 0) is 0 Å². The number of rotatable bonds is 1. The topological polar surface area (TPSA) is 20.7 Å². The Balaban J connectivity index is 1.84. The zero-order chi connectivity index (χ0) is 15.4. The number of hydrogen-bond acceptors (Lipinski definition) is 0. The number of halogens is 1. The fraction of sp³-hybridized carbons (Fsp3) is 0.100. The average Bonchev–Trinajstić information content (AvgIpc) is 3.16. The van der Waals surface area contributed by atoms with E-state index < -0.39 is 0 Å².